The molecule has 20 heavy (non-hydrogen) atoms. The molecule has 0 saturated carbocycles. The number of ether oxygens (including phenoxy) is 1. The molecule has 0 bridgehead atoms. The maximum Gasteiger partial charge on any atom is 0.324 e. The molecule has 1 aromatic rings. The smallest absolute Gasteiger partial charge is 0.324 e. The van der Waals surface area contributed by atoms with Gasteiger partial charge in [0, 0.05) is 5.02 Å². The van der Waals surface area contributed by atoms with Crippen LogP contribution in [0.1, 0.15) is 32.3 Å². The summed E-state index contributed by atoms with van der Waals surface area (Å²) in [5.74, 6) is -0.850. The lowest BCUT2D eigenvalue weighted by Crippen LogP contribution is -2.33. The normalized spacial score (nSPS) is 12.9. The first-order valence-corrected chi connectivity index (χ1v) is 8.62. The Morgan fingerprint density at radius 1 is 1.25 bits per heavy atom. The summed E-state index contributed by atoms with van der Waals surface area (Å²) in [5, 5.41) is -0.551. The van der Waals surface area contributed by atoms with Crippen LogP contribution in [0.5, 0.6) is 0 Å². The molecule has 0 heterocycles. The number of sulfone groups is 1. The van der Waals surface area contributed by atoms with Gasteiger partial charge in [-0.15, -0.1) is 0 Å². The highest BCUT2D eigenvalue weighted by Gasteiger charge is 2.32. The molecule has 0 aliphatic rings. The van der Waals surface area contributed by atoms with Crippen molar-refractivity contribution in [3.63, 3.8) is 0 Å². The van der Waals surface area contributed by atoms with E-state index in [9.17, 15) is 13.2 Å². The van der Waals surface area contributed by atoms with Gasteiger partial charge >= 0.3 is 5.97 Å². The van der Waals surface area contributed by atoms with Crippen LogP contribution in [0.25, 0.3) is 0 Å². The SMILES string of the molecule is CCCC(C(=O)OCC)S(=O)(=O)Cc1ccc(Cl)cc1. The van der Waals surface area contributed by atoms with Crippen LogP contribution in [0.3, 0.4) is 0 Å². The quantitative estimate of drug-likeness (QED) is 0.725. The third kappa shape index (κ3) is 4.80. The molecule has 4 nitrogen and oxygen atoms in total. The Balaban J connectivity index is 2.92. The van der Waals surface area contributed by atoms with E-state index in [0.29, 0.717) is 17.0 Å². The van der Waals surface area contributed by atoms with Gasteiger partial charge in [0.25, 0.3) is 0 Å². The molecule has 1 rings (SSSR count). The number of carbonyl (C=O) groups is 1. The van der Waals surface area contributed by atoms with Crippen molar-refractivity contribution < 1.29 is 17.9 Å². The molecule has 0 spiro atoms. The molecule has 0 aliphatic heterocycles. The summed E-state index contributed by atoms with van der Waals surface area (Å²) in [4.78, 5) is 11.8. The van der Waals surface area contributed by atoms with Crippen LogP contribution >= 0.6 is 11.6 Å². The van der Waals surface area contributed by atoms with Crippen LogP contribution < -0.4 is 0 Å². The van der Waals surface area contributed by atoms with Crippen LogP contribution in [-0.4, -0.2) is 26.2 Å². The van der Waals surface area contributed by atoms with Crippen molar-refractivity contribution in [3.05, 3.63) is 34.9 Å². The van der Waals surface area contributed by atoms with Gasteiger partial charge in [0.05, 0.1) is 12.4 Å². The molecule has 0 amide bonds. The third-order valence-electron chi connectivity index (χ3n) is 2.81. The Morgan fingerprint density at radius 3 is 2.35 bits per heavy atom. The maximum atomic E-state index is 12.4. The minimum absolute atomic E-state index is 0.176. The Hall–Kier alpha value is -1.07. The molecule has 0 saturated heterocycles. The highest BCUT2D eigenvalue weighted by molar-refractivity contribution is 7.92. The summed E-state index contributed by atoms with van der Waals surface area (Å²) in [6.45, 7) is 3.67. The van der Waals surface area contributed by atoms with E-state index in [1.165, 1.54) is 0 Å². The van der Waals surface area contributed by atoms with Crippen LogP contribution in [0.2, 0.25) is 5.02 Å². The average molecular weight is 319 g/mol. The molecule has 0 radical (unpaired) electrons. The van der Waals surface area contributed by atoms with E-state index in [1.807, 2.05) is 6.92 Å². The summed E-state index contributed by atoms with van der Waals surface area (Å²) in [5.41, 5.74) is 0.611. The second-order valence-corrected chi connectivity index (χ2v) is 7.08. The van der Waals surface area contributed by atoms with Gasteiger partial charge in [0.2, 0.25) is 0 Å². The van der Waals surface area contributed by atoms with Crippen molar-refractivity contribution in [2.45, 2.75) is 37.7 Å². The largest absolute Gasteiger partial charge is 0.465 e. The summed E-state index contributed by atoms with van der Waals surface area (Å²) < 4.78 is 29.6. The number of rotatable bonds is 7. The van der Waals surface area contributed by atoms with Gasteiger partial charge < -0.3 is 4.74 Å². The van der Waals surface area contributed by atoms with Crippen LogP contribution in [0, 0.1) is 0 Å². The van der Waals surface area contributed by atoms with Gasteiger partial charge in [-0.25, -0.2) is 8.42 Å². The van der Waals surface area contributed by atoms with E-state index < -0.39 is 21.1 Å². The van der Waals surface area contributed by atoms with Crippen molar-refractivity contribution in [1.29, 1.82) is 0 Å². The lowest BCUT2D eigenvalue weighted by molar-refractivity contribution is -0.142. The lowest BCUT2D eigenvalue weighted by Gasteiger charge is -2.15. The summed E-state index contributed by atoms with van der Waals surface area (Å²) in [6.07, 6.45) is 0.873. The number of hydrogen-bond donors (Lipinski definition) is 0. The molecular formula is C14H19ClO4S. The van der Waals surface area contributed by atoms with Gasteiger partial charge in [-0.1, -0.05) is 37.1 Å². The number of halogens is 1. The minimum Gasteiger partial charge on any atom is -0.465 e. The third-order valence-corrected chi connectivity index (χ3v) is 5.10. The van der Waals surface area contributed by atoms with Crippen molar-refractivity contribution in [2.24, 2.45) is 0 Å². The van der Waals surface area contributed by atoms with E-state index in [0.717, 1.165) is 0 Å². The van der Waals surface area contributed by atoms with Crippen LogP contribution in [-0.2, 0) is 25.1 Å². The van der Waals surface area contributed by atoms with Crippen molar-refractivity contribution in [2.75, 3.05) is 6.61 Å². The molecule has 0 fully saturated rings. The molecule has 1 aromatic carbocycles. The highest BCUT2D eigenvalue weighted by Crippen LogP contribution is 2.18. The number of carbonyl (C=O) groups excluding carboxylic acids is 1. The van der Waals surface area contributed by atoms with E-state index in [1.54, 1.807) is 31.2 Å². The van der Waals surface area contributed by atoms with E-state index in [2.05, 4.69) is 0 Å². The zero-order valence-electron chi connectivity index (χ0n) is 11.6. The first kappa shape index (κ1) is 17.0. The van der Waals surface area contributed by atoms with Gasteiger partial charge in [0.1, 0.15) is 0 Å². The molecule has 0 aliphatic carbocycles. The molecule has 0 N–H and O–H groups in total. The van der Waals surface area contributed by atoms with Gasteiger partial charge in [-0.3, -0.25) is 4.79 Å². The van der Waals surface area contributed by atoms with E-state index >= 15 is 0 Å². The van der Waals surface area contributed by atoms with Crippen molar-refractivity contribution in [1.82, 2.24) is 0 Å². The fourth-order valence-corrected chi connectivity index (χ4v) is 3.80. The van der Waals surface area contributed by atoms with Crippen LogP contribution in [0.4, 0.5) is 0 Å². The Kier molecular flexibility index (Phi) is 6.49. The zero-order valence-corrected chi connectivity index (χ0v) is 13.2. The molecular weight excluding hydrogens is 300 g/mol. The van der Waals surface area contributed by atoms with Gasteiger partial charge in [-0.2, -0.15) is 0 Å². The van der Waals surface area contributed by atoms with Gasteiger partial charge in [0.15, 0.2) is 15.1 Å². The predicted octanol–water partition coefficient (Wildman–Crippen LogP) is 2.99. The average Bonchev–Trinajstić information content (AvgIpc) is 2.38. The second kappa shape index (κ2) is 7.64. The molecule has 1 unspecified atom stereocenters. The number of esters is 1. The Labute approximate surface area is 125 Å². The van der Waals surface area contributed by atoms with Gasteiger partial charge in [-0.05, 0) is 31.0 Å². The first-order valence-electron chi connectivity index (χ1n) is 6.53. The molecule has 1 atom stereocenters. The first-order chi connectivity index (χ1) is 9.40. The predicted molar refractivity (Wildman–Crippen MR) is 79.4 cm³/mol. The standard InChI is InChI=1S/C14H19ClO4S/c1-3-5-13(14(16)19-4-2)20(17,18)10-11-6-8-12(15)9-7-11/h6-9,13H,3-5,10H2,1-2H3. The van der Waals surface area contributed by atoms with Crippen molar-refractivity contribution in [3.8, 4) is 0 Å². The topological polar surface area (TPSA) is 60.4 Å². The van der Waals surface area contributed by atoms with Crippen molar-refractivity contribution >= 4 is 27.4 Å². The minimum atomic E-state index is -3.59. The van der Waals surface area contributed by atoms with E-state index in [-0.39, 0.29) is 18.8 Å². The van der Waals surface area contributed by atoms with E-state index in [4.69, 9.17) is 16.3 Å². The number of hydrogen-bond acceptors (Lipinski definition) is 4. The fraction of sp³-hybridized carbons (Fsp3) is 0.500. The molecule has 0 aromatic heterocycles. The molecule has 112 valence electrons. The summed E-state index contributed by atoms with van der Waals surface area (Å²) in [7, 11) is -3.59. The summed E-state index contributed by atoms with van der Waals surface area (Å²) in [6, 6.07) is 6.55. The Bertz CT molecular complexity index is 537. The lowest BCUT2D eigenvalue weighted by atomic mass is 10.2. The number of benzene rings is 1. The van der Waals surface area contributed by atoms with Crippen LogP contribution in [0.15, 0.2) is 24.3 Å². The fourth-order valence-electron chi connectivity index (χ4n) is 1.85. The monoisotopic (exact) mass is 318 g/mol. The summed E-state index contributed by atoms with van der Waals surface area (Å²) >= 11 is 5.76. The second-order valence-electron chi connectivity index (χ2n) is 4.46. The maximum absolute atomic E-state index is 12.4. The highest BCUT2D eigenvalue weighted by atomic mass is 35.5. The molecule has 6 heteroatoms. The Morgan fingerprint density at radius 2 is 1.85 bits per heavy atom. The zero-order chi connectivity index (χ0) is 15.2.